The molecule has 0 spiro atoms. The SMILES string of the molecule is CC1Cc2ccccc2N1C(=O)c1n[nH]c(CCc2ccccc2)n1. The van der Waals surface area contributed by atoms with E-state index in [0.29, 0.717) is 0 Å². The van der Waals surface area contributed by atoms with Gasteiger partial charge in [-0.1, -0.05) is 48.5 Å². The Morgan fingerprint density at radius 1 is 1.12 bits per heavy atom. The van der Waals surface area contributed by atoms with E-state index in [-0.39, 0.29) is 17.8 Å². The highest BCUT2D eigenvalue weighted by Crippen LogP contribution is 2.32. The van der Waals surface area contributed by atoms with Gasteiger partial charge in [-0.3, -0.25) is 9.89 Å². The zero-order valence-corrected chi connectivity index (χ0v) is 14.1. The van der Waals surface area contributed by atoms with Crippen LogP contribution in [-0.2, 0) is 19.3 Å². The average molecular weight is 332 g/mol. The molecule has 1 atom stereocenters. The number of carbonyl (C=O) groups is 1. The van der Waals surface area contributed by atoms with Crippen LogP contribution < -0.4 is 4.90 Å². The Labute approximate surface area is 146 Å². The Kier molecular flexibility index (Phi) is 4.06. The second-order valence-electron chi connectivity index (χ2n) is 6.45. The van der Waals surface area contributed by atoms with Gasteiger partial charge >= 0.3 is 0 Å². The quantitative estimate of drug-likeness (QED) is 0.798. The van der Waals surface area contributed by atoms with Crippen LogP contribution in [0, 0.1) is 0 Å². The van der Waals surface area contributed by atoms with Gasteiger partial charge in [0.05, 0.1) is 0 Å². The van der Waals surface area contributed by atoms with E-state index in [1.54, 1.807) is 4.90 Å². The number of benzene rings is 2. The van der Waals surface area contributed by atoms with Crippen LogP contribution in [0.3, 0.4) is 0 Å². The summed E-state index contributed by atoms with van der Waals surface area (Å²) in [5.41, 5.74) is 3.41. The molecular weight excluding hydrogens is 312 g/mol. The van der Waals surface area contributed by atoms with Crippen molar-refractivity contribution in [2.75, 3.05) is 4.90 Å². The Morgan fingerprint density at radius 3 is 2.72 bits per heavy atom. The molecular formula is C20H20N4O. The van der Waals surface area contributed by atoms with Crippen molar-refractivity contribution in [3.05, 3.63) is 77.4 Å². The number of nitrogens with zero attached hydrogens (tertiary/aromatic N) is 3. The van der Waals surface area contributed by atoms with E-state index in [4.69, 9.17) is 0 Å². The number of aromatic amines is 1. The second-order valence-corrected chi connectivity index (χ2v) is 6.45. The molecule has 0 radical (unpaired) electrons. The smallest absolute Gasteiger partial charge is 0.298 e. The first-order chi connectivity index (χ1) is 12.2. The van der Waals surface area contributed by atoms with Gasteiger partial charge in [0.25, 0.3) is 5.91 Å². The highest BCUT2D eigenvalue weighted by atomic mass is 16.2. The number of carbonyl (C=O) groups excluding carboxylic acids is 1. The maximum atomic E-state index is 12.9. The van der Waals surface area contributed by atoms with Crippen LogP contribution >= 0.6 is 0 Å². The molecule has 2 aromatic carbocycles. The van der Waals surface area contributed by atoms with Gasteiger partial charge in [0.1, 0.15) is 5.82 Å². The molecule has 0 aliphatic carbocycles. The number of hydrogen-bond acceptors (Lipinski definition) is 3. The number of para-hydroxylation sites is 1. The zero-order valence-electron chi connectivity index (χ0n) is 14.1. The molecule has 0 saturated heterocycles. The third-order valence-electron chi connectivity index (χ3n) is 4.64. The molecule has 0 fully saturated rings. The molecule has 3 aromatic rings. The molecule has 25 heavy (non-hydrogen) atoms. The van der Waals surface area contributed by atoms with Crippen molar-refractivity contribution in [3.63, 3.8) is 0 Å². The predicted octanol–water partition coefficient (Wildman–Crippen LogP) is 3.18. The second kappa shape index (κ2) is 6.51. The molecule has 1 N–H and O–H groups in total. The van der Waals surface area contributed by atoms with Gasteiger partial charge in [-0.05, 0) is 37.0 Å². The summed E-state index contributed by atoms with van der Waals surface area (Å²) in [5.74, 6) is 0.846. The maximum absolute atomic E-state index is 12.9. The van der Waals surface area contributed by atoms with Gasteiger partial charge in [-0.25, -0.2) is 4.98 Å². The number of fused-ring (bicyclic) bond motifs is 1. The number of rotatable bonds is 4. The fraction of sp³-hybridized carbons (Fsp3) is 0.250. The van der Waals surface area contributed by atoms with Crippen LogP contribution in [0.2, 0.25) is 0 Å². The number of anilines is 1. The van der Waals surface area contributed by atoms with E-state index in [2.05, 4.69) is 40.3 Å². The monoisotopic (exact) mass is 332 g/mol. The summed E-state index contributed by atoms with van der Waals surface area (Å²) >= 11 is 0. The standard InChI is InChI=1S/C20H20N4O/c1-14-13-16-9-5-6-10-17(16)24(14)20(25)19-21-18(22-23-19)12-11-15-7-3-2-4-8-15/h2-10,14H,11-13H2,1H3,(H,21,22,23). The predicted molar refractivity (Wildman–Crippen MR) is 96.7 cm³/mol. The summed E-state index contributed by atoms with van der Waals surface area (Å²) in [6.07, 6.45) is 2.47. The minimum atomic E-state index is -0.139. The molecule has 1 aliphatic rings. The molecule has 5 heteroatoms. The van der Waals surface area contributed by atoms with E-state index < -0.39 is 0 Å². The van der Waals surface area contributed by atoms with Crippen molar-refractivity contribution in [3.8, 4) is 0 Å². The third-order valence-corrected chi connectivity index (χ3v) is 4.64. The van der Waals surface area contributed by atoms with Crippen molar-refractivity contribution in [2.45, 2.75) is 32.2 Å². The fourth-order valence-electron chi connectivity index (χ4n) is 3.39. The number of nitrogens with one attached hydrogen (secondary N) is 1. The first-order valence-electron chi connectivity index (χ1n) is 8.59. The molecule has 1 unspecified atom stereocenters. The number of amides is 1. The van der Waals surface area contributed by atoms with Crippen LogP contribution in [0.5, 0.6) is 0 Å². The molecule has 1 aromatic heterocycles. The van der Waals surface area contributed by atoms with E-state index in [0.717, 1.165) is 30.8 Å². The first kappa shape index (κ1) is 15.6. The van der Waals surface area contributed by atoms with Crippen LogP contribution in [0.4, 0.5) is 5.69 Å². The van der Waals surface area contributed by atoms with Gasteiger partial charge in [0.2, 0.25) is 5.82 Å². The summed E-state index contributed by atoms with van der Waals surface area (Å²) in [4.78, 5) is 19.1. The summed E-state index contributed by atoms with van der Waals surface area (Å²) in [6, 6.07) is 18.4. The average Bonchev–Trinajstić information content (AvgIpc) is 3.24. The molecule has 0 saturated carbocycles. The lowest BCUT2D eigenvalue weighted by Gasteiger charge is -2.20. The molecule has 2 heterocycles. The number of H-pyrrole nitrogens is 1. The van der Waals surface area contributed by atoms with Crippen LogP contribution in [-0.4, -0.2) is 27.1 Å². The highest BCUT2D eigenvalue weighted by molar-refractivity contribution is 6.05. The number of aromatic nitrogens is 3. The first-order valence-corrected chi connectivity index (χ1v) is 8.59. The Hall–Kier alpha value is -2.95. The lowest BCUT2D eigenvalue weighted by molar-refractivity contribution is 0.0972. The van der Waals surface area contributed by atoms with E-state index >= 15 is 0 Å². The highest BCUT2D eigenvalue weighted by Gasteiger charge is 2.33. The maximum Gasteiger partial charge on any atom is 0.298 e. The summed E-state index contributed by atoms with van der Waals surface area (Å²) < 4.78 is 0. The Bertz CT molecular complexity index is 887. The summed E-state index contributed by atoms with van der Waals surface area (Å²) in [7, 11) is 0. The van der Waals surface area contributed by atoms with Crippen LogP contribution in [0.15, 0.2) is 54.6 Å². The summed E-state index contributed by atoms with van der Waals surface area (Å²) in [6.45, 7) is 2.06. The van der Waals surface area contributed by atoms with E-state index in [1.165, 1.54) is 11.1 Å². The lowest BCUT2D eigenvalue weighted by atomic mass is 10.1. The molecule has 0 bridgehead atoms. The number of aryl methyl sites for hydroxylation is 2. The van der Waals surface area contributed by atoms with E-state index in [9.17, 15) is 4.79 Å². The zero-order chi connectivity index (χ0) is 17.2. The van der Waals surface area contributed by atoms with Crippen LogP contribution in [0.25, 0.3) is 0 Å². The van der Waals surface area contributed by atoms with Crippen molar-refractivity contribution in [1.29, 1.82) is 0 Å². The Balaban J connectivity index is 1.49. The van der Waals surface area contributed by atoms with Crippen molar-refractivity contribution in [2.24, 2.45) is 0 Å². The third kappa shape index (κ3) is 3.05. The largest absolute Gasteiger partial charge is 0.302 e. The van der Waals surface area contributed by atoms with Gasteiger partial charge in [0.15, 0.2) is 0 Å². The lowest BCUT2D eigenvalue weighted by Crippen LogP contribution is -2.36. The topological polar surface area (TPSA) is 61.9 Å². The van der Waals surface area contributed by atoms with Gasteiger partial charge in [0, 0.05) is 18.2 Å². The molecule has 1 amide bonds. The normalized spacial score (nSPS) is 16.0. The van der Waals surface area contributed by atoms with Gasteiger partial charge in [-0.15, -0.1) is 5.10 Å². The molecule has 4 rings (SSSR count). The molecule has 1 aliphatic heterocycles. The van der Waals surface area contributed by atoms with Crippen molar-refractivity contribution in [1.82, 2.24) is 15.2 Å². The molecule has 5 nitrogen and oxygen atoms in total. The minimum absolute atomic E-state index is 0.121. The Morgan fingerprint density at radius 2 is 1.88 bits per heavy atom. The van der Waals surface area contributed by atoms with Crippen molar-refractivity contribution < 1.29 is 4.79 Å². The van der Waals surface area contributed by atoms with Crippen molar-refractivity contribution >= 4 is 11.6 Å². The summed E-state index contributed by atoms with van der Waals surface area (Å²) in [5, 5.41) is 7.06. The van der Waals surface area contributed by atoms with Crippen LogP contribution in [0.1, 0.15) is 34.5 Å². The van der Waals surface area contributed by atoms with Gasteiger partial charge < -0.3 is 4.90 Å². The fourth-order valence-corrected chi connectivity index (χ4v) is 3.39. The molecule has 126 valence electrons. The minimum Gasteiger partial charge on any atom is -0.302 e. The number of hydrogen-bond donors (Lipinski definition) is 1. The van der Waals surface area contributed by atoms with E-state index in [1.807, 2.05) is 36.4 Å². The van der Waals surface area contributed by atoms with Gasteiger partial charge in [-0.2, -0.15) is 0 Å².